The Morgan fingerprint density at radius 3 is 1.07 bits per heavy atom. The maximum atomic E-state index is 5.16. The van der Waals surface area contributed by atoms with E-state index in [-0.39, 0.29) is 0 Å². The first-order valence-electron chi connectivity index (χ1n) is 5.64. The van der Waals surface area contributed by atoms with Crippen molar-refractivity contribution in [2.75, 3.05) is 48.0 Å². The van der Waals surface area contributed by atoms with Gasteiger partial charge in [0.25, 0.3) is 0 Å². The third kappa shape index (κ3) is 24.9. The minimum absolute atomic E-state index is 0.653. The summed E-state index contributed by atoms with van der Waals surface area (Å²) in [7, 11) is 7.27. The lowest BCUT2D eigenvalue weighted by Gasteiger charge is -2.25. The Balaban J connectivity index is 0. The number of hydrogen-bond donors (Lipinski definition) is 0. The lowest BCUT2D eigenvalue weighted by Crippen LogP contribution is -2.27. The number of hydrogen-bond acceptors (Lipinski definition) is 3. The molecule has 94 valence electrons. The molecule has 0 aliphatic rings. The smallest absolute Gasteiger partial charge is 0.364 e. The summed E-state index contributed by atoms with van der Waals surface area (Å²) in [4.78, 5) is 0. The zero-order chi connectivity index (χ0) is 12.3. The first kappa shape index (κ1) is 17.3. The van der Waals surface area contributed by atoms with Gasteiger partial charge in [0.1, 0.15) is 0 Å². The van der Waals surface area contributed by atoms with Crippen LogP contribution in [0.5, 0.6) is 0 Å². The Bertz CT molecular complexity index is 108. The quantitative estimate of drug-likeness (QED) is 0.497. The van der Waals surface area contributed by atoms with Gasteiger partial charge in [-0.05, 0) is 40.6 Å². The molecule has 0 aromatic rings. The van der Waals surface area contributed by atoms with Gasteiger partial charge in [0.2, 0.25) is 0 Å². The molecule has 0 atom stereocenters. The molecule has 0 spiro atoms. The summed E-state index contributed by atoms with van der Waals surface area (Å²) in [6.07, 6.45) is 0. The van der Waals surface area contributed by atoms with Gasteiger partial charge < -0.3 is 18.4 Å². The summed E-state index contributed by atoms with van der Waals surface area (Å²) in [6.45, 7) is 7.74. The molecule has 0 aromatic heterocycles. The molecule has 0 heterocycles. The Morgan fingerprint density at radius 1 is 0.733 bits per heavy atom. The van der Waals surface area contributed by atoms with Crippen molar-refractivity contribution in [1.29, 1.82) is 0 Å². The average Bonchev–Trinajstić information content (AvgIpc) is 2.02. The first-order valence-corrected chi connectivity index (χ1v) is 5.64. The first-order chi connectivity index (χ1) is 6.85. The summed E-state index contributed by atoms with van der Waals surface area (Å²) >= 11 is 0. The Kier molecular flexibility index (Phi) is 12.0. The third-order valence-electron chi connectivity index (χ3n) is 1.11. The van der Waals surface area contributed by atoms with Crippen LogP contribution in [-0.4, -0.2) is 59.8 Å². The van der Waals surface area contributed by atoms with E-state index < -0.39 is 7.32 Å². The Labute approximate surface area is 95.3 Å². The molecule has 0 amide bonds. The minimum atomic E-state index is -1.23. The van der Waals surface area contributed by atoms with Crippen LogP contribution >= 0.6 is 0 Å². The van der Waals surface area contributed by atoms with Crippen molar-refractivity contribution in [2.45, 2.75) is 20.8 Å². The molecule has 0 aliphatic heterocycles. The maximum absolute atomic E-state index is 5.16. The fraction of sp³-hybridized carbons (Fsp3) is 1.00. The van der Waals surface area contributed by atoms with E-state index in [0.29, 0.717) is 19.8 Å². The second kappa shape index (κ2) is 10.4. The Morgan fingerprint density at radius 2 is 0.933 bits per heavy atom. The normalized spacial score (nSPS) is 11.2. The molecule has 0 rings (SSSR count). The molecule has 4 nitrogen and oxygen atoms in total. The van der Waals surface area contributed by atoms with Crippen molar-refractivity contribution in [3.8, 4) is 0 Å². The van der Waals surface area contributed by atoms with E-state index in [1.165, 1.54) is 0 Å². The van der Waals surface area contributed by atoms with E-state index >= 15 is 0 Å². The molecule has 0 bridgehead atoms. The molecule has 5 heteroatoms. The van der Waals surface area contributed by atoms with Gasteiger partial charge in [-0.25, -0.2) is 0 Å². The monoisotopic (exact) mass is 221 g/mol. The minimum Gasteiger partial charge on any atom is -0.547 e. The molecule has 0 aliphatic carbocycles. The molecule has 0 fully saturated rings. The topological polar surface area (TPSA) is 27.7 Å². The molecule has 0 saturated heterocycles. The van der Waals surface area contributed by atoms with Crippen molar-refractivity contribution < 1.29 is 18.4 Å². The van der Waals surface area contributed by atoms with E-state index in [1.807, 2.05) is 20.8 Å². The summed E-state index contributed by atoms with van der Waals surface area (Å²) in [6, 6.07) is 0. The van der Waals surface area contributed by atoms with Crippen LogP contribution in [0.15, 0.2) is 0 Å². The van der Waals surface area contributed by atoms with Crippen molar-refractivity contribution in [3.05, 3.63) is 0 Å². The zero-order valence-electron chi connectivity index (χ0n) is 11.5. The zero-order valence-corrected chi connectivity index (χ0v) is 11.5. The lowest BCUT2D eigenvalue weighted by atomic mass is 10.2. The van der Waals surface area contributed by atoms with Crippen molar-refractivity contribution in [3.63, 3.8) is 0 Å². The molecule has 0 radical (unpaired) electrons. The van der Waals surface area contributed by atoms with Crippen LogP contribution in [0.1, 0.15) is 20.8 Å². The van der Waals surface area contributed by atoms with Crippen LogP contribution in [0.3, 0.4) is 0 Å². The highest BCUT2D eigenvalue weighted by Gasteiger charge is 1.99. The molecule has 0 saturated carbocycles. The highest BCUT2D eigenvalue weighted by Crippen LogP contribution is 1.91. The number of nitrogens with zero attached hydrogens (tertiary/aromatic N) is 1. The summed E-state index contributed by atoms with van der Waals surface area (Å²) in [5, 5.41) is 0. The van der Waals surface area contributed by atoms with Crippen LogP contribution in [0, 0.1) is 0 Å². The van der Waals surface area contributed by atoms with Crippen molar-refractivity contribution in [2.24, 2.45) is 0 Å². The summed E-state index contributed by atoms with van der Waals surface area (Å²) in [5.74, 6) is 0. The Hall–Kier alpha value is -0.0951. The fourth-order valence-electron chi connectivity index (χ4n) is 0.677. The molecule has 0 unspecified atom stereocenters. The average molecular weight is 221 g/mol. The van der Waals surface area contributed by atoms with Crippen molar-refractivity contribution >= 4 is 7.32 Å². The van der Waals surface area contributed by atoms with Crippen LogP contribution in [0.2, 0.25) is 0 Å². The summed E-state index contributed by atoms with van der Waals surface area (Å²) < 4.78 is 16.5. The van der Waals surface area contributed by atoms with E-state index in [9.17, 15) is 0 Å². The summed E-state index contributed by atoms with van der Waals surface area (Å²) in [5.41, 5.74) is 0. The maximum Gasteiger partial charge on any atom is 0.364 e. The van der Waals surface area contributed by atoms with Gasteiger partial charge in [-0.3, -0.25) is 0 Å². The van der Waals surface area contributed by atoms with Gasteiger partial charge in [-0.2, -0.15) is 0 Å². The molecular weight excluding hydrogens is 193 g/mol. The van der Waals surface area contributed by atoms with Gasteiger partial charge in [0.05, 0.1) is 28.2 Å². The van der Waals surface area contributed by atoms with E-state index in [1.54, 1.807) is 0 Å². The second-order valence-electron chi connectivity index (χ2n) is 4.52. The fourth-order valence-corrected chi connectivity index (χ4v) is 0.677. The van der Waals surface area contributed by atoms with Gasteiger partial charge in [0, 0.05) is 0 Å². The number of quaternary nitrogens is 1. The molecule has 0 N–H and O–H groups in total. The van der Waals surface area contributed by atoms with Gasteiger partial charge in [0.15, 0.2) is 0 Å². The SMILES string of the molecule is CCO[BH-](OCC)OCC.C[N+](C)(C)C. The largest absolute Gasteiger partial charge is 0.547 e. The lowest BCUT2D eigenvalue weighted by molar-refractivity contribution is -0.849. The highest BCUT2D eigenvalue weighted by atomic mass is 16.7. The van der Waals surface area contributed by atoms with Gasteiger partial charge >= 0.3 is 7.32 Å². The molecular formula is C10H28BNO3. The second-order valence-corrected chi connectivity index (χ2v) is 4.52. The van der Waals surface area contributed by atoms with Crippen LogP contribution in [0.4, 0.5) is 0 Å². The predicted molar refractivity (Wildman–Crippen MR) is 66.0 cm³/mol. The molecule has 0 aromatic carbocycles. The standard InChI is InChI=1S/C6H16BO3.C4H12N/c1-4-8-7(9-5-2)10-6-3;1-5(2,3)4/h7H,4-6H2,1-3H3;1-4H3/q-1;+1. The number of rotatable bonds is 6. The van der Waals surface area contributed by atoms with Crippen molar-refractivity contribution in [1.82, 2.24) is 0 Å². The van der Waals surface area contributed by atoms with Gasteiger partial charge in [-0.15, -0.1) is 0 Å². The van der Waals surface area contributed by atoms with E-state index in [4.69, 9.17) is 14.0 Å². The van der Waals surface area contributed by atoms with E-state index in [2.05, 4.69) is 28.2 Å². The van der Waals surface area contributed by atoms with Gasteiger partial charge in [-0.1, -0.05) is 0 Å². The van der Waals surface area contributed by atoms with Crippen LogP contribution in [0.25, 0.3) is 0 Å². The predicted octanol–water partition coefficient (Wildman–Crippen LogP) is 1.14. The van der Waals surface area contributed by atoms with Crippen LogP contribution in [-0.2, 0) is 14.0 Å². The highest BCUT2D eigenvalue weighted by molar-refractivity contribution is 6.36. The molecule has 15 heavy (non-hydrogen) atoms. The van der Waals surface area contributed by atoms with E-state index in [0.717, 1.165) is 4.48 Å². The third-order valence-corrected chi connectivity index (χ3v) is 1.11. The van der Waals surface area contributed by atoms with Crippen LogP contribution < -0.4 is 0 Å².